The van der Waals surface area contributed by atoms with Crippen molar-refractivity contribution in [1.29, 1.82) is 0 Å². The molecule has 35 heavy (non-hydrogen) atoms. The van der Waals surface area contributed by atoms with Crippen LogP contribution in [0.15, 0.2) is 79.0 Å². The SMILES string of the molecule is CC1C(=O)N(c2ccc3c(cnn3-c3ccc(F)cc3)c2)C(c2ccccc2)C1C1(C(N)=O)CC1. The number of carbonyl (C=O) groups excluding carboxylic acids is 2. The van der Waals surface area contributed by atoms with Crippen LogP contribution in [-0.4, -0.2) is 21.6 Å². The van der Waals surface area contributed by atoms with E-state index in [0.717, 1.165) is 27.8 Å². The molecule has 7 heteroatoms. The number of hydrogen-bond donors (Lipinski definition) is 1. The van der Waals surface area contributed by atoms with E-state index in [9.17, 15) is 14.0 Å². The summed E-state index contributed by atoms with van der Waals surface area (Å²) in [5.41, 5.74) is 8.58. The van der Waals surface area contributed by atoms with Crippen molar-refractivity contribution < 1.29 is 14.0 Å². The molecule has 1 saturated carbocycles. The van der Waals surface area contributed by atoms with E-state index in [4.69, 9.17) is 5.73 Å². The Balaban J connectivity index is 1.46. The number of primary amides is 1. The summed E-state index contributed by atoms with van der Waals surface area (Å²) in [6, 6.07) is 21.5. The standard InChI is InChI=1S/C28H25FN4O2/c1-17-24(28(13-14-28)27(30)35)25(18-5-3-2-4-6-18)32(26(17)34)22-11-12-23-19(15-22)16-31-33(23)21-9-7-20(29)8-10-21/h2-12,15-17,24-25H,13-14H2,1H3,(H2,30,35). The zero-order chi connectivity index (χ0) is 24.3. The number of nitrogens with zero attached hydrogens (tertiary/aromatic N) is 3. The summed E-state index contributed by atoms with van der Waals surface area (Å²) in [4.78, 5) is 28.1. The van der Waals surface area contributed by atoms with Crippen LogP contribution in [0.1, 0.15) is 31.4 Å². The van der Waals surface area contributed by atoms with Crippen LogP contribution < -0.4 is 10.6 Å². The summed E-state index contributed by atoms with van der Waals surface area (Å²) in [5.74, 6) is -1.18. The third kappa shape index (κ3) is 3.26. The van der Waals surface area contributed by atoms with Crippen molar-refractivity contribution in [2.24, 2.45) is 23.0 Å². The maximum atomic E-state index is 13.7. The van der Waals surface area contributed by atoms with E-state index in [1.165, 1.54) is 12.1 Å². The lowest BCUT2D eigenvalue weighted by Gasteiger charge is -2.32. The Kier molecular flexibility index (Phi) is 4.78. The van der Waals surface area contributed by atoms with Crippen molar-refractivity contribution in [3.05, 3.63) is 90.4 Å². The molecule has 1 aromatic heterocycles. The summed E-state index contributed by atoms with van der Waals surface area (Å²) in [6.07, 6.45) is 3.17. The van der Waals surface area contributed by atoms with Gasteiger partial charge in [0.05, 0.1) is 28.9 Å². The topological polar surface area (TPSA) is 81.2 Å². The van der Waals surface area contributed by atoms with Crippen LogP contribution >= 0.6 is 0 Å². The van der Waals surface area contributed by atoms with Crippen LogP contribution in [-0.2, 0) is 9.59 Å². The number of anilines is 1. The lowest BCUT2D eigenvalue weighted by atomic mass is 9.75. The predicted molar refractivity (Wildman–Crippen MR) is 131 cm³/mol. The first-order valence-corrected chi connectivity index (χ1v) is 11.8. The quantitative estimate of drug-likeness (QED) is 0.458. The average molecular weight is 469 g/mol. The Labute approximate surface area is 202 Å². The number of carbonyl (C=O) groups is 2. The number of fused-ring (bicyclic) bond motifs is 1. The second-order valence-corrected chi connectivity index (χ2v) is 9.67. The number of nitrogens with two attached hydrogens (primary N) is 1. The van der Waals surface area contributed by atoms with Gasteiger partial charge in [0.2, 0.25) is 11.8 Å². The molecule has 6 rings (SSSR count). The molecule has 0 radical (unpaired) electrons. The van der Waals surface area contributed by atoms with E-state index >= 15 is 0 Å². The molecule has 1 aliphatic heterocycles. The van der Waals surface area contributed by atoms with Crippen molar-refractivity contribution >= 4 is 28.4 Å². The first-order valence-electron chi connectivity index (χ1n) is 11.8. The highest BCUT2D eigenvalue weighted by molar-refractivity contribution is 6.01. The predicted octanol–water partition coefficient (Wildman–Crippen LogP) is 4.77. The van der Waals surface area contributed by atoms with Crippen LogP contribution in [0.2, 0.25) is 0 Å². The monoisotopic (exact) mass is 468 g/mol. The molecule has 1 saturated heterocycles. The zero-order valence-electron chi connectivity index (χ0n) is 19.3. The van der Waals surface area contributed by atoms with Gasteiger partial charge in [0.1, 0.15) is 5.82 Å². The normalized spacial score (nSPS) is 23.1. The minimum absolute atomic E-state index is 0.0124. The third-order valence-electron chi connectivity index (χ3n) is 7.74. The van der Waals surface area contributed by atoms with Crippen molar-refractivity contribution in [3.8, 4) is 5.69 Å². The minimum Gasteiger partial charge on any atom is -0.369 e. The van der Waals surface area contributed by atoms with Crippen LogP contribution in [0.3, 0.4) is 0 Å². The second kappa shape index (κ2) is 7.77. The van der Waals surface area contributed by atoms with Crippen molar-refractivity contribution in [3.63, 3.8) is 0 Å². The molecule has 0 bridgehead atoms. The highest BCUT2D eigenvalue weighted by Crippen LogP contribution is 2.62. The van der Waals surface area contributed by atoms with Gasteiger partial charge in [-0.2, -0.15) is 5.10 Å². The Hall–Kier alpha value is -4.00. The smallest absolute Gasteiger partial charge is 0.230 e. The van der Waals surface area contributed by atoms with E-state index in [-0.39, 0.29) is 35.5 Å². The average Bonchev–Trinajstić information content (AvgIpc) is 3.50. The Morgan fingerprint density at radius 1 is 1.03 bits per heavy atom. The Bertz CT molecular complexity index is 1440. The van der Waals surface area contributed by atoms with Gasteiger partial charge < -0.3 is 10.6 Å². The third-order valence-corrected chi connectivity index (χ3v) is 7.74. The Morgan fingerprint density at radius 3 is 2.37 bits per heavy atom. The lowest BCUT2D eigenvalue weighted by Crippen LogP contribution is -2.37. The molecule has 176 valence electrons. The number of rotatable bonds is 5. The number of halogens is 1. The van der Waals surface area contributed by atoms with Crippen molar-refractivity contribution in [2.45, 2.75) is 25.8 Å². The molecule has 2 heterocycles. The molecule has 6 nitrogen and oxygen atoms in total. The molecule has 2 N–H and O–H groups in total. The van der Waals surface area contributed by atoms with Gasteiger partial charge in [0, 0.05) is 22.9 Å². The maximum absolute atomic E-state index is 13.7. The van der Waals surface area contributed by atoms with E-state index < -0.39 is 5.41 Å². The highest BCUT2D eigenvalue weighted by Gasteiger charge is 2.64. The molecule has 0 spiro atoms. The summed E-state index contributed by atoms with van der Waals surface area (Å²) < 4.78 is 15.1. The fourth-order valence-corrected chi connectivity index (χ4v) is 5.86. The van der Waals surface area contributed by atoms with Crippen LogP contribution in [0.4, 0.5) is 10.1 Å². The van der Waals surface area contributed by atoms with Gasteiger partial charge in [-0.1, -0.05) is 37.3 Å². The number of amides is 2. The molecule has 2 aliphatic rings. The van der Waals surface area contributed by atoms with Gasteiger partial charge in [0.25, 0.3) is 0 Å². The summed E-state index contributed by atoms with van der Waals surface area (Å²) in [5, 5.41) is 5.35. The summed E-state index contributed by atoms with van der Waals surface area (Å²) in [6.45, 7) is 1.91. The Morgan fingerprint density at radius 2 is 1.71 bits per heavy atom. The molecular formula is C28H25FN4O2. The van der Waals surface area contributed by atoms with Gasteiger partial charge in [0.15, 0.2) is 0 Å². The zero-order valence-corrected chi connectivity index (χ0v) is 19.3. The van der Waals surface area contributed by atoms with Crippen molar-refractivity contribution in [1.82, 2.24) is 9.78 Å². The fraction of sp³-hybridized carbons (Fsp3) is 0.250. The minimum atomic E-state index is -0.651. The van der Waals surface area contributed by atoms with Gasteiger partial charge >= 0.3 is 0 Å². The highest BCUT2D eigenvalue weighted by atomic mass is 19.1. The van der Waals surface area contributed by atoms with Crippen LogP contribution in [0.25, 0.3) is 16.6 Å². The van der Waals surface area contributed by atoms with Gasteiger partial charge in [-0.3, -0.25) is 9.59 Å². The molecular weight excluding hydrogens is 443 g/mol. The molecule has 2 amide bonds. The lowest BCUT2D eigenvalue weighted by molar-refractivity contribution is -0.126. The van der Waals surface area contributed by atoms with Gasteiger partial charge in [-0.15, -0.1) is 0 Å². The second-order valence-electron chi connectivity index (χ2n) is 9.67. The first kappa shape index (κ1) is 21.5. The fourth-order valence-electron chi connectivity index (χ4n) is 5.86. The van der Waals surface area contributed by atoms with Crippen LogP contribution in [0.5, 0.6) is 0 Å². The molecule has 4 aromatic rings. The van der Waals surface area contributed by atoms with Crippen molar-refractivity contribution in [2.75, 3.05) is 4.90 Å². The summed E-state index contributed by atoms with van der Waals surface area (Å²) >= 11 is 0. The number of aromatic nitrogens is 2. The van der Waals surface area contributed by atoms with E-state index in [2.05, 4.69) is 5.10 Å². The van der Waals surface area contributed by atoms with Gasteiger partial charge in [-0.05, 0) is 60.9 Å². The van der Waals surface area contributed by atoms with E-state index in [0.29, 0.717) is 12.8 Å². The largest absolute Gasteiger partial charge is 0.369 e. The van der Waals surface area contributed by atoms with E-state index in [1.807, 2.05) is 60.4 Å². The van der Waals surface area contributed by atoms with Gasteiger partial charge in [-0.25, -0.2) is 9.07 Å². The maximum Gasteiger partial charge on any atom is 0.230 e. The molecule has 2 fully saturated rings. The molecule has 3 atom stereocenters. The van der Waals surface area contributed by atoms with Crippen LogP contribution in [0, 0.1) is 23.1 Å². The number of benzene rings is 3. The first-order chi connectivity index (χ1) is 16.9. The number of hydrogen-bond acceptors (Lipinski definition) is 3. The molecule has 3 aromatic carbocycles. The van der Waals surface area contributed by atoms with E-state index in [1.54, 1.807) is 23.0 Å². The summed E-state index contributed by atoms with van der Waals surface area (Å²) in [7, 11) is 0. The molecule has 3 unspecified atom stereocenters. The molecule has 1 aliphatic carbocycles.